The molecule has 0 unspecified atom stereocenters. The fourth-order valence-electron chi connectivity index (χ4n) is 5.00. The van der Waals surface area contributed by atoms with E-state index in [1.54, 1.807) is 0 Å². The third-order valence-corrected chi connectivity index (χ3v) is 6.40. The number of rotatable bonds is 4. The maximum Gasteiger partial charge on any atom is 0.0991 e. The first kappa shape index (κ1) is 19.3. The van der Waals surface area contributed by atoms with Crippen LogP contribution in [0.1, 0.15) is 33.4 Å². The van der Waals surface area contributed by atoms with Crippen LogP contribution in [0.5, 0.6) is 0 Å². The fraction of sp³-hybridized carbons (Fsp3) is 0.138. The molecule has 0 spiro atoms. The van der Waals surface area contributed by atoms with Gasteiger partial charge < -0.3 is 0 Å². The molecule has 0 aliphatic carbocycles. The highest BCUT2D eigenvalue weighted by molar-refractivity contribution is 5.51. The number of hydrogen-bond donors (Lipinski definition) is 0. The maximum absolute atomic E-state index is 9.44. The molecular formula is C29H24N2. The Morgan fingerprint density at radius 2 is 1.16 bits per heavy atom. The lowest BCUT2D eigenvalue weighted by molar-refractivity contribution is 0.139. The SMILES string of the molecule is N#Cc1ccc2c(c1)CN(C(c1ccccc1)(c1ccccc1)c1ccccc1)CC2. The van der Waals surface area contributed by atoms with Crippen LogP contribution in [-0.4, -0.2) is 11.4 Å². The van der Waals surface area contributed by atoms with Crippen LogP contribution in [0.3, 0.4) is 0 Å². The number of fused-ring (bicyclic) bond motifs is 1. The van der Waals surface area contributed by atoms with Crippen molar-refractivity contribution in [1.82, 2.24) is 4.90 Å². The van der Waals surface area contributed by atoms with Crippen molar-refractivity contribution in [3.63, 3.8) is 0 Å². The molecule has 0 amide bonds. The number of hydrogen-bond acceptors (Lipinski definition) is 2. The predicted octanol–water partition coefficient (Wildman–Crippen LogP) is 5.91. The van der Waals surface area contributed by atoms with E-state index in [0.717, 1.165) is 25.1 Å². The van der Waals surface area contributed by atoms with Crippen LogP contribution >= 0.6 is 0 Å². The highest BCUT2D eigenvalue weighted by atomic mass is 15.2. The lowest BCUT2D eigenvalue weighted by Crippen LogP contribution is -2.50. The molecule has 2 nitrogen and oxygen atoms in total. The van der Waals surface area contributed by atoms with Gasteiger partial charge >= 0.3 is 0 Å². The Labute approximate surface area is 184 Å². The molecule has 0 aromatic heterocycles. The molecule has 150 valence electrons. The maximum atomic E-state index is 9.44. The van der Waals surface area contributed by atoms with Gasteiger partial charge in [0.1, 0.15) is 0 Å². The summed E-state index contributed by atoms with van der Waals surface area (Å²) < 4.78 is 0. The Morgan fingerprint density at radius 1 is 0.645 bits per heavy atom. The van der Waals surface area contributed by atoms with E-state index in [1.807, 2.05) is 6.07 Å². The molecule has 5 rings (SSSR count). The minimum absolute atomic E-state index is 0.413. The van der Waals surface area contributed by atoms with Gasteiger partial charge in [-0.3, -0.25) is 4.90 Å². The van der Waals surface area contributed by atoms with Crippen molar-refractivity contribution in [2.24, 2.45) is 0 Å². The molecule has 0 bridgehead atoms. The van der Waals surface area contributed by atoms with E-state index in [2.05, 4.69) is 114 Å². The Kier molecular flexibility index (Phi) is 5.12. The van der Waals surface area contributed by atoms with Crippen molar-refractivity contribution >= 4 is 0 Å². The first-order valence-electron chi connectivity index (χ1n) is 10.8. The van der Waals surface area contributed by atoms with Crippen molar-refractivity contribution in [3.8, 4) is 6.07 Å². The Hall–Kier alpha value is -3.67. The average Bonchev–Trinajstić information content (AvgIpc) is 2.86. The molecule has 0 saturated carbocycles. The summed E-state index contributed by atoms with van der Waals surface area (Å²) in [4.78, 5) is 2.58. The minimum Gasteiger partial charge on any atom is -0.281 e. The second kappa shape index (κ2) is 8.22. The third kappa shape index (κ3) is 3.34. The molecule has 31 heavy (non-hydrogen) atoms. The zero-order valence-corrected chi connectivity index (χ0v) is 17.4. The number of nitriles is 1. The van der Waals surface area contributed by atoms with Gasteiger partial charge in [0, 0.05) is 13.1 Å². The van der Waals surface area contributed by atoms with E-state index in [0.29, 0.717) is 0 Å². The summed E-state index contributed by atoms with van der Waals surface area (Å²) in [5.41, 5.74) is 6.68. The number of benzene rings is 4. The van der Waals surface area contributed by atoms with E-state index < -0.39 is 5.54 Å². The molecule has 0 radical (unpaired) electrons. The second-order valence-corrected chi connectivity index (χ2v) is 8.08. The van der Waals surface area contributed by atoms with Gasteiger partial charge in [0.05, 0.1) is 17.2 Å². The van der Waals surface area contributed by atoms with Crippen molar-refractivity contribution in [1.29, 1.82) is 5.26 Å². The van der Waals surface area contributed by atoms with Gasteiger partial charge in [0.25, 0.3) is 0 Å². The quantitative estimate of drug-likeness (QED) is 0.398. The first-order chi connectivity index (χ1) is 15.3. The van der Waals surface area contributed by atoms with Gasteiger partial charge in [-0.15, -0.1) is 0 Å². The van der Waals surface area contributed by atoms with Crippen LogP contribution in [0.25, 0.3) is 0 Å². The monoisotopic (exact) mass is 400 g/mol. The number of nitrogens with zero attached hydrogens (tertiary/aromatic N) is 2. The standard InChI is InChI=1S/C29H24N2/c30-21-23-16-17-24-18-19-31(22-25(24)20-23)29(26-10-4-1-5-11-26,27-12-6-2-7-13-27)28-14-8-3-9-15-28/h1-17,20H,18-19,22H2. The minimum atomic E-state index is -0.413. The molecule has 2 heteroatoms. The van der Waals surface area contributed by atoms with E-state index >= 15 is 0 Å². The summed E-state index contributed by atoms with van der Waals surface area (Å²) in [5.74, 6) is 0. The van der Waals surface area contributed by atoms with Crippen LogP contribution in [0.2, 0.25) is 0 Å². The van der Waals surface area contributed by atoms with Gasteiger partial charge in [-0.2, -0.15) is 5.26 Å². The summed E-state index contributed by atoms with van der Waals surface area (Å²) in [6, 6.07) is 40.9. The summed E-state index contributed by atoms with van der Waals surface area (Å²) in [6.07, 6.45) is 0.968. The molecule has 1 heterocycles. The first-order valence-corrected chi connectivity index (χ1v) is 10.8. The van der Waals surface area contributed by atoms with Crippen molar-refractivity contribution in [2.75, 3.05) is 6.54 Å². The molecular weight excluding hydrogens is 376 g/mol. The highest BCUT2D eigenvalue weighted by Gasteiger charge is 2.43. The molecule has 1 aliphatic rings. The third-order valence-electron chi connectivity index (χ3n) is 6.40. The van der Waals surface area contributed by atoms with Gasteiger partial charge in [-0.25, -0.2) is 0 Å². The van der Waals surface area contributed by atoms with Crippen LogP contribution in [-0.2, 0) is 18.5 Å². The molecule has 4 aromatic rings. The average molecular weight is 401 g/mol. The molecule has 0 atom stereocenters. The zero-order valence-electron chi connectivity index (χ0n) is 17.4. The van der Waals surface area contributed by atoms with Gasteiger partial charge in [0.15, 0.2) is 0 Å². The van der Waals surface area contributed by atoms with Gasteiger partial charge in [-0.05, 0) is 46.4 Å². The normalized spacial score (nSPS) is 13.9. The summed E-state index contributed by atoms with van der Waals surface area (Å²) in [5, 5.41) is 9.44. The van der Waals surface area contributed by atoms with Gasteiger partial charge in [0.2, 0.25) is 0 Å². The summed E-state index contributed by atoms with van der Waals surface area (Å²) >= 11 is 0. The highest BCUT2D eigenvalue weighted by Crippen LogP contribution is 2.44. The molecule has 0 N–H and O–H groups in total. The molecule has 4 aromatic carbocycles. The Bertz CT molecular complexity index is 1110. The molecule has 1 aliphatic heterocycles. The predicted molar refractivity (Wildman–Crippen MR) is 124 cm³/mol. The lowest BCUT2D eigenvalue weighted by Gasteiger charge is -2.47. The second-order valence-electron chi connectivity index (χ2n) is 8.08. The van der Waals surface area contributed by atoms with Gasteiger partial charge in [-0.1, -0.05) is 97.1 Å². The largest absolute Gasteiger partial charge is 0.281 e. The van der Waals surface area contributed by atoms with E-state index in [9.17, 15) is 5.26 Å². The molecule has 0 fully saturated rings. The van der Waals surface area contributed by atoms with E-state index in [1.165, 1.54) is 27.8 Å². The van der Waals surface area contributed by atoms with Crippen LogP contribution in [0.4, 0.5) is 0 Å². The van der Waals surface area contributed by atoms with E-state index in [4.69, 9.17) is 0 Å². The fourth-order valence-corrected chi connectivity index (χ4v) is 5.00. The van der Waals surface area contributed by atoms with E-state index in [-0.39, 0.29) is 0 Å². The van der Waals surface area contributed by atoms with Crippen molar-refractivity contribution < 1.29 is 0 Å². The van der Waals surface area contributed by atoms with Crippen LogP contribution in [0.15, 0.2) is 109 Å². The molecule has 0 saturated heterocycles. The smallest absolute Gasteiger partial charge is 0.0991 e. The van der Waals surface area contributed by atoms with Crippen molar-refractivity contribution in [2.45, 2.75) is 18.5 Å². The zero-order chi connectivity index (χ0) is 21.1. The Morgan fingerprint density at radius 3 is 1.65 bits per heavy atom. The lowest BCUT2D eigenvalue weighted by atomic mass is 9.74. The van der Waals surface area contributed by atoms with Crippen LogP contribution < -0.4 is 0 Å². The van der Waals surface area contributed by atoms with Crippen LogP contribution in [0, 0.1) is 11.3 Å². The topological polar surface area (TPSA) is 27.0 Å². The summed E-state index contributed by atoms with van der Waals surface area (Å²) in [6.45, 7) is 1.74. The Balaban J connectivity index is 1.75. The van der Waals surface area contributed by atoms with Crippen molar-refractivity contribution in [3.05, 3.63) is 143 Å². The summed E-state index contributed by atoms with van der Waals surface area (Å²) in [7, 11) is 0.